The molecule has 0 saturated heterocycles. The van der Waals surface area contributed by atoms with Crippen LogP contribution in [0.4, 0.5) is 5.69 Å². The number of nitrogens with zero attached hydrogens (tertiary/aromatic N) is 4. The Morgan fingerprint density at radius 3 is 2.47 bits per heavy atom. The number of nitro groups is 1. The summed E-state index contributed by atoms with van der Waals surface area (Å²) in [5, 5.41) is 10.4. The molecular weight excluding hydrogens is 196 g/mol. The van der Waals surface area contributed by atoms with E-state index in [-0.39, 0.29) is 5.69 Å². The standard InChI is InChI=1S/C9H6N4O2/c14-13(15)7-1-2-8(12-5-7)9-6-10-3-4-11-9/h1-6H. The second-order valence-corrected chi connectivity index (χ2v) is 2.75. The minimum absolute atomic E-state index is 0.0392. The van der Waals surface area contributed by atoms with Crippen molar-refractivity contribution in [3.8, 4) is 11.4 Å². The first-order chi connectivity index (χ1) is 7.27. The van der Waals surface area contributed by atoms with Gasteiger partial charge in [-0.05, 0) is 6.07 Å². The van der Waals surface area contributed by atoms with E-state index in [9.17, 15) is 10.1 Å². The molecule has 6 nitrogen and oxygen atoms in total. The van der Waals surface area contributed by atoms with E-state index in [4.69, 9.17) is 0 Å². The fraction of sp³-hybridized carbons (Fsp3) is 0. The lowest BCUT2D eigenvalue weighted by Crippen LogP contribution is -1.91. The van der Waals surface area contributed by atoms with E-state index in [0.29, 0.717) is 11.4 Å². The zero-order valence-electron chi connectivity index (χ0n) is 7.57. The Bertz CT molecular complexity index is 469. The number of rotatable bonds is 2. The van der Waals surface area contributed by atoms with Gasteiger partial charge in [-0.25, -0.2) is 4.98 Å². The lowest BCUT2D eigenvalue weighted by Gasteiger charge is -1.97. The molecule has 0 aliphatic carbocycles. The maximum Gasteiger partial charge on any atom is 0.287 e. The van der Waals surface area contributed by atoms with E-state index in [1.807, 2.05) is 0 Å². The van der Waals surface area contributed by atoms with Gasteiger partial charge in [-0.3, -0.25) is 20.1 Å². The van der Waals surface area contributed by atoms with Crippen molar-refractivity contribution in [3.63, 3.8) is 0 Å². The van der Waals surface area contributed by atoms with E-state index in [1.54, 1.807) is 24.7 Å². The van der Waals surface area contributed by atoms with Crippen LogP contribution in [0.5, 0.6) is 0 Å². The third-order valence-corrected chi connectivity index (χ3v) is 1.78. The Balaban J connectivity index is 2.36. The first-order valence-electron chi connectivity index (χ1n) is 4.14. The summed E-state index contributed by atoms with van der Waals surface area (Å²) in [6, 6.07) is 2.93. The molecule has 0 saturated carbocycles. The van der Waals surface area contributed by atoms with Crippen LogP contribution in [0, 0.1) is 10.1 Å². The molecule has 0 unspecified atom stereocenters. The monoisotopic (exact) mass is 202 g/mol. The minimum Gasteiger partial charge on any atom is -0.261 e. The molecule has 0 aliphatic rings. The first-order valence-corrected chi connectivity index (χ1v) is 4.14. The van der Waals surface area contributed by atoms with Gasteiger partial charge in [-0.1, -0.05) is 0 Å². The van der Waals surface area contributed by atoms with Crippen LogP contribution in [0.2, 0.25) is 0 Å². The van der Waals surface area contributed by atoms with Crippen molar-refractivity contribution in [1.82, 2.24) is 15.0 Å². The number of hydrogen-bond donors (Lipinski definition) is 0. The van der Waals surface area contributed by atoms with Gasteiger partial charge in [0, 0.05) is 18.5 Å². The smallest absolute Gasteiger partial charge is 0.261 e. The molecule has 0 aromatic carbocycles. The molecule has 2 heterocycles. The van der Waals surface area contributed by atoms with Crippen LogP contribution in [-0.4, -0.2) is 19.9 Å². The first kappa shape index (κ1) is 9.20. The van der Waals surface area contributed by atoms with Crippen molar-refractivity contribution in [2.75, 3.05) is 0 Å². The van der Waals surface area contributed by atoms with E-state index in [1.165, 1.54) is 12.3 Å². The predicted octanol–water partition coefficient (Wildman–Crippen LogP) is 1.45. The highest BCUT2D eigenvalue weighted by Gasteiger charge is 2.06. The molecule has 2 rings (SSSR count). The van der Waals surface area contributed by atoms with Crippen LogP contribution < -0.4 is 0 Å². The molecule has 0 amide bonds. The highest BCUT2D eigenvalue weighted by atomic mass is 16.6. The van der Waals surface area contributed by atoms with Crippen LogP contribution >= 0.6 is 0 Å². The molecule has 0 bridgehead atoms. The predicted molar refractivity (Wildman–Crippen MR) is 51.9 cm³/mol. The molecule has 0 aliphatic heterocycles. The molecule has 0 N–H and O–H groups in total. The molecular formula is C9H6N4O2. The summed E-state index contributed by atoms with van der Waals surface area (Å²) in [4.78, 5) is 21.7. The van der Waals surface area contributed by atoms with Crippen molar-refractivity contribution >= 4 is 5.69 Å². The molecule has 0 spiro atoms. The Labute approximate surface area is 84.8 Å². The molecule has 0 radical (unpaired) electrons. The van der Waals surface area contributed by atoms with Gasteiger partial charge in [0.25, 0.3) is 5.69 Å². The van der Waals surface area contributed by atoms with Gasteiger partial charge in [0.15, 0.2) is 0 Å². The molecule has 0 fully saturated rings. The van der Waals surface area contributed by atoms with E-state index in [2.05, 4.69) is 15.0 Å². The summed E-state index contributed by atoms with van der Waals surface area (Å²) < 4.78 is 0. The van der Waals surface area contributed by atoms with Crippen molar-refractivity contribution in [3.05, 3.63) is 47.0 Å². The summed E-state index contributed by atoms with van der Waals surface area (Å²) >= 11 is 0. The largest absolute Gasteiger partial charge is 0.287 e. The Morgan fingerprint density at radius 1 is 1.07 bits per heavy atom. The zero-order valence-corrected chi connectivity index (χ0v) is 7.57. The Hall–Kier alpha value is -2.37. The highest BCUT2D eigenvalue weighted by molar-refractivity contribution is 5.53. The van der Waals surface area contributed by atoms with Crippen LogP contribution in [0.15, 0.2) is 36.9 Å². The van der Waals surface area contributed by atoms with E-state index in [0.717, 1.165) is 0 Å². The van der Waals surface area contributed by atoms with Crippen molar-refractivity contribution < 1.29 is 4.92 Å². The van der Waals surface area contributed by atoms with Gasteiger partial charge >= 0.3 is 0 Å². The third kappa shape index (κ3) is 1.93. The van der Waals surface area contributed by atoms with Gasteiger partial charge in [0.2, 0.25) is 0 Å². The van der Waals surface area contributed by atoms with Gasteiger partial charge in [-0.2, -0.15) is 0 Å². The minimum atomic E-state index is -0.493. The van der Waals surface area contributed by atoms with Crippen molar-refractivity contribution in [2.45, 2.75) is 0 Å². The Kier molecular flexibility index (Phi) is 2.32. The van der Waals surface area contributed by atoms with Crippen LogP contribution in [0.25, 0.3) is 11.4 Å². The molecule has 15 heavy (non-hydrogen) atoms. The molecule has 2 aromatic rings. The quantitative estimate of drug-likeness (QED) is 0.543. The lowest BCUT2D eigenvalue weighted by atomic mass is 10.3. The summed E-state index contributed by atoms with van der Waals surface area (Å²) in [7, 11) is 0. The maximum absolute atomic E-state index is 10.4. The normalized spacial score (nSPS) is 9.87. The average molecular weight is 202 g/mol. The van der Waals surface area contributed by atoms with Crippen LogP contribution in [-0.2, 0) is 0 Å². The van der Waals surface area contributed by atoms with Gasteiger partial charge in [0.05, 0.1) is 16.8 Å². The van der Waals surface area contributed by atoms with Crippen molar-refractivity contribution in [1.29, 1.82) is 0 Å². The zero-order chi connectivity index (χ0) is 10.7. The highest BCUT2D eigenvalue weighted by Crippen LogP contribution is 2.15. The van der Waals surface area contributed by atoms with Crippen LogP contribution in [0.3, 0.4) is 0 Å². The Morgan fingerprint density at radius 2 is 1.93 bits per heavy atom. The van der Waals surface area contributed by atoms with Gasteiger partial charge < -0.3 is 0 Å². The molecule has 2 aromatic heterocycles. The van der Waals surface area contributed by atoms with Crippen molar-refractivity contribution in [2.24, 2.45) is 0 Å². The van der Waals surface area contributed by atoms with E-state index < -0.39 is 4.92 Å². The maximum atomic E-state index is 10.4. The fourth-order valence-corrected chi connectivity index (χ4v) is 1.08. The number of pyridine rings is 1. The SMILES string of the molecule is O=[N+]([O-])c1ccc(-c2cnccn2)nc1. The average Bonchev–Trinajstić information content (AvgIpc) is 2.30. The molecule has 0 atom stereocenters. The van der Waals surface area contributed by atoms with Crippen LogP contribution in [0.1, 0.15) is 0 Å². The number of aromatic nitrogens is 3. The summed E-state index contributed by atoms with van der Waals surface area (Å²) in [5.74, 6) is 0. The fourth-order valence-electron chi connectivity index (χ4n) is 1.08. The topological polar surface area (TPSA) is 81.8 Å². The third-order valence-electron chi connectivity index (χ3n) is 1.78. The second kappa shape index (κ2) is 3.79. The lowest BCUT2D eigenvalue weighted by molar-refractivity contribution is -0.385. The van der Waals surface area contributed by atoms with Gasteiger partial charge in [0.1, 0.15) is 11.9 Å². The number of hydrogen-bond acceptors (Lipinski definition) is 5. The molecule has 6 heteroatoms. The van der Waals surface area contributed by atoms with Gasteiger partial charge in [-0.15, -0.1) is 0 Å². The summed E-state index contributed by atoms with van der Waals surface area (Å²) in [5.41, 5.74) is 1.11. The second-order valence-electron chi connectivity index (χ2n) is 2.75. The van der Waals surface area contributed by atoms with E-state index >= 15 is 0 Å². The summed E-state index contributed by atoms with van der Waals surface area (Å²) in [6.07, 6.45) is 5.84. The summed E-state index contributed by atoms with van der Waals surface area (Å²) in [6.45, 7) is 0. The molecule has 74 valence electrons.